The Bertz CT molecular complexity index is 686. The molecule has 1 aromatic rings. The van der Waals surface area contributed by atoms with E-state index in [0.717, 1.165) is 18.8 Å². The highest BCUT2D eigenvalue weighted by Gasteiger charge is 2.52. The molecule has 0 aliphatic carbocycles. The van der Waals surface area contributed by atoms with Gasteiger partial charge in [-0.25, -0.2) is 4.79 Å². The Hall–Kier alpha value is -2.18. The number of carboxylic acid groups (broad SMARTS) is 1. The average molecular weight is 362 g/mol. The molecule has 0 aromatic carbocycles. The van der Waals surface area contributed by atoms with E-state index in [1.54, 1.807) is 11.0 Å². The Balaban J connectivity index is 1.81. The van der Waals surface area contributed by atoms with Crippen molar-refractivity contribution in [2.45, 2.75) is 59.2 Å². The van der Waals surface area contributed by atoms with Crippen LogP contribution in [0.2, 0.25) is 0 Å². The lowest BCUT2D eigenvalue weighted by molar-refractivity contribution is 0.0888. The second-order valence-corrected chi connectivity index (χ2v) is 8.77. The van der Waals surface area contributed by atoms with Crippen LogP contribution in [0.1, 0.15) is 41.0 Å². The first-order valence-corrected chi connectivity index (χ1v) is 9.27. The normalized spacial score (nSPS) is 25.7. The molecule has 144 valence electrons. The van der Waals surface area contributed by atoms with Gasteiger partial charge in [0, 0.05) is 25.0 Å². The highest BCUT2D eigenvalue weighted by molar-refractivity contribution is 5.67. The van der Waals surface area contributed by atoms with Crippen LogP contribution in [0, 0.1) is 11.3 Å². The van der Waals surface area contributed by atoms with E-state index in [1.807, 2.05) is 19.9 Å². The number of pyridine rings is 1. The van der Waals surface area contributed by atoms with Crippen molar-refractivity contribution in [3.05, 3.63) is 12.1 Å². The monoisotopic (exact) mass is 362 g/mol. The summed E-state index contributed by atoms with van der Waals surface area (Å²) in [6, 6.07) is 3.75. The fraction of sp³-hybridized carbons (Fsp3) is 0.684. The van der Waals surface area contributed by atoms with Crippen molar-refractivity contribution in [3.63, 3.8) is 0 Å². The van der Waals surface area contributed by atoms with Crippen molar-refractivity contribution >= 4 is 17.6 Å². The number of amides is 1. The molecular weight excluding hydrogens is 332 g/mol. The van der Waals surface area contributed by atoms with Crippen LogP contribution in [0.5, 0.6) is 5.88 Å². The maximum Gasteiger partial charge on any atom is 0.407 e. The molecule has 3 N–H and O–H groups in total. The Kier molecular flexibility index (Phi) is 4.67. The second-order valence-electron chi connectivity index (χ2n) is 8.77. The van der Waals surface area contributed by atoms with Gasteiger partial charge in [0.2, 0.25) is 5.88 Å². The lowest BCUT2D eigenvalue weighted by Crippen LogP contribution is -2.48. The second kappa shape index (κ2) is 6.52. The fourth-order valence-electron chi connectivity index (χ4n) is 4.20. The number of rotatable bonds is 3. The lowest BCUT2D eigenvalue weighted by atomic mass is 9.84. The zero-order valence-electron chi connectivity index (χ0n) is 16.3. The number of ether oxygens (including phenoxy) is 1. The maximum absolute atomic E-state index is 11.9. The predicted molar refractivity (Wildman–Crippen MR) is 102 cm³/mol. The van der Waals surface area contributed by atoms with Gasteiger partial charge in [-0.05, 0) is 37.8 Å². The molecule has 0 bridgehead atoms. The number of anilines is 2. The van der Waals surface area contributed by atoms with Gasteiger partial charge in [-0.1, -0.05) is 20.8 Å². The van der Waals surface area contributed by atoms with Crippen LogP contribution in [-0.2, 0) is 0 Å². The summed E-state index contributed by atoms with van der Waals surface area (Å²) in [6.45, 7) is 11.7. The Labute approximate surface area is 155 Å². The topological polar surface area (TPSA) is 91.9 Å². The molecule has 2 fully saturated rings. The average Bonchev–Trinajstić information content (AvgIpc) is 3.05. The van der Waals surface area contributed by atoms with E-state index in [1.165, 1.54) is 0 Å². The number of hydrogen-bond donors (Lipinski definition) is 2. The molecule has 0 radical (unpaired) electrons. The van der Waals surface area contributed by atoms with Crippen LogP contribution in [-0.4, -0.2) is 52.4 Å². The van der Waals surface area contributed by atoms with E-state index in [0.29, 0.717) is 24.0 Å². The zero-order valence-corrected chi connectivity index (χ0v) is 16.3. The van der Waals surface area contributed by atoms with Crippen molar-refractivity contribution in [1.29, 1.82) is 0 Å². The molecule has 0 saturated carbocycles. The van der Waals surface area contributed by atoms with Gasteiger partial charge in [0.15, 0.2) is 0 Å². The van der Waals surface area contributed by atoms with Gasteiger partial charge in [0.1, 0.15) is 5.82 Å². The Morgan fingerprint density at radius 1 is 1.35 bits per heavy atom. The molecule has 2 saturated heterocycles. The number of aromatic nitrogens is 1. The summed E-state index contributed by atoms with van der Waals surface area (Å²) in [5.74, 6) is 1.56. The van der Waals surface area contributed by atoms with Crippen LogP contribution in [0.4, 0.5) is 16.3 Å². The van der Waals surface area contributed by atoms with E-state index in [9.17, 15) is 9.90 Å². The number of hydrogen-bond acceptors (Lipinski definition) is 5. The van der Waals surface area contributed by atoms with E-state index >= 15 is 0 Å². The minimum absolute atomic E-state index is 0.00513. The van der Waals surface area contributed by atoms with Gasteiger partial charge < -0.3 is 20.5 Å². The first-order valence-electron chi connectivity index (χ1n) is 9.27. The van der Waals surface area contributed by atoms with Gasteiger partial charge in [-0.2, -0.15) is 4.98 Å². The molecule has 26 heavy (non-hydrogen) atoms. The molecule has 7 nitrogen and oxygen atoms in total. The number of fused-ring (bicyclic) bond motifs is 1. The summed E-state index contributed by atoms with van der Waals surface area (Å²) in [6.07, 6.45) is 0.0582. The number of nitrogens with two attached hydrogens (primary N) is 1. The first-order chi connectivity index (χ1) is 12.1. The summed E-state index contributed by atoms with van der Waals surface area (Å²) in [7, 11) is 0. The minimum atomic E-state index is -0.826. The predicted octanol–water partition coefficient (Wildman–Crippen LogP) is 3.05. The SMILES string of the molecule is CC(C)Oc1nc(N2C[C@H]3CC(C(C)(C)C)N(C(=O)O)[C@H]3C2)ccc1N. The van der Waals surface area contributed by atoms with Crippen molar-refractivity contribution < 1.29 is 14.6 Å². The van der Waals surface area contributed by atoms with Gasteiger partial charge >= 0.3 is 6.09 Å². The summed E-state index contributed by atoms with van der Waals surface area (Å²) in [5, 5.41) is 9.79. The Morgan fingerprint density at radius 3 is 2.62 bits per heavy atom. The number of carbonyl (C=O) groups is 1. The van der Waals surface area contributed by atoms with Crippen LogP contribution in [0.3, 0.4) is 0 Å². The molecule has 1 unspecified atom stereocenters. The smallest absolute Gasteiger partial charge is 0.407 e. The molecule has 7 heteroatoms. The van der Waals surface area contributed by atoms with Crippen LogP contribution < -0.4 is 15.4 Å². The first kappa shape index (κ1) is 18.6. The molecule has 1 amide bonds. The van der Waals surface area contributed by atoms with E-state index < -0.39 is 6.09 Å². The summed E-state index contributed by atoms with van der Waals surface area (Å²) < 4.78 is 5.69. The summed E-state index contributed by atoms with van der Waals surface area (Å²) in [5.41, 5.74) is 6.42. The molecule has 2 aliphatic heterocycles. The third-order valence-electron chi connectivity index (χ3n) is 5.39. The number of likely N-dealkylation sites (tertiary alicyclic amines) is 1. The quantitative estimate of drug-likeness (QED) is 0.859. The summed E-state index contributed by atoms with van der Waals surface area (Å²) >= 11 is 0. The van der Waals surface area contributed by atoms with E-state index in [-0.39, 0.29) is 23.6 Å². The molecule has 3 heterocycles. The van der Waals surface area contributed by atoms with Gasteiger partial charge in [-0.3, -0.25) is 4.90 Å². The van der Waals surface area contributed by atoms with Gasteiger partial charge in [-0.15, -0.1) is 0 Å². The molecule has 2 aliphatic rings. The van der Waals surface area contributed by atoms with Crippen molar-refractivity contribution in [2.24, 2.45) is 11.3 Å². The lowest BCUT2D eigenvalue weighted by Gasteiger charge is -2.36. The highest BCUT2D eigenvalue weighted by Crippen LogP contribution is 2.43. The number of nitrogen functional groups attached to an aromatic ring is 1. The fourth-order valence-corrected chi connectivity index (χ4v) is 4.20. The van der Waals surface area contributed by atoms with Crippen LogP contribution >= 0.6 is 0 Å². The van der Waals surface area contributed by atoms with Gasteiger partial charge in [0.05, 0.1) is 17.8 Å². The standard InChI is InChI=1S/C19H30N4O3/c1-11(2)26-17-13(20)6-7-16(21-17)22-9-12-8-15(19(3,4)5)23(18(24)25)14(12)10-22/h6-7,11-12,14-15H,8-10,20H2,1-5H3,(H,24,25)/t12-,14+,15?/m1/s1. The van der Waals surface area contributed by atoms with Gasteiger partial charge in [0.25, 0.3) is 0 Å². The van der Waals surface area contributed by atoms with E-state index in [4.69, 9.17) is 10.5 Å². The maximum atomic E-state index is 11.9. The molecule has 1 aromatic heterocycles. The highest BCUT2D eigenvalue weighted by atomic mass is 16.5. The zero-order chi connectivity index (χ0) is 19.2. The number of nitrogens with zero attached hydrogens (tertiary/aromatic N) is 3. The van der Waals surface area contributed by atoms with Crippen LogP contribution in [0.25, 0.3) is 0 Å². The summed E-state index contributed by atoms with van der Waals surface area (Å²) in [4.78, 5) is 20.3. The Morgan fingerprint density at radius 2 is 2.04 bits per heavy atom. The van der Waals surface area contributed by atoms with Crippen LogP contribution in [0.15, 0.2) is 12.1 Å². The third-order valence-corrected chi connectivity index (χ3v) is 5.39. The largest absolute Gasteiger partial charge is 0.473 e. The van der Waals surface area contributed by atoms with E-state index in [2.05, 4.69) is 30.7 Å². The third kappa shape index (κ3) is 3.39. The molecule has 3 atom stereocenters. The van der Waals surface area contributed by atoms with Crippen molar-refractivity contribution in [2.75, 3.05) is 23.7 Å². The van der Waals surface area contributed by atoms with Crippen molar-refractivity contribution in [3.8, 4) is 5.88 Å². The molecule has 3 rings (SSSR count). The minimum Gasteiger partial charge on any atom is -0.473 e. The molecular formula is C19H30N4O3. The van der Waals surface area contributed by atoms with Crippen molar-refractivity contribution in [1.82, 2.24) is 9.88 Å². The molecule has 0 spiro atoms.